The fourth-order valence-electron chi connectivity index (χ4n) is 3.68. The second kappa shape index (κ2) is 7.11. The molecule has 7 nitrogen and oxygen atoms in total. The summed E-state index contributed by atoms with van der Waals surface area (Å²) in [5.41, 5.74) is 3.97. The van der Waals surface area contributed by atoms with Gasteiger partial charge in [0, 0.05) is 23.6 Å². The van der Waals surface area contributed by atoms with Gasteiger partial charge < -0.3 is 5.32 Å². The molecule has 150 valence electrons. The number of anilines is 2. The van der Waals surface area contributed by atoms with Crippen molar-refractivity contribution in [3.05, 3.63) is 76.3 Å². The van der Waals surface area contributed by atoms with Crippen LogP contribution in [-0.2, 0) is 9.59 Å². The monoisotopic (exact) mass is 419 g/mol. The van der Waals surface area contributed by atoms with Gasteiger partial charge in [-0.15, -0.1) is 5.10 Å². The number of halogens is 1. The summed E-state index contributed by atoms with van der Waals surface area (Å²) in [7, 11) is 0. The van der Waals surface area contributed by atoms with Crippen LogP contribution in [0.3, 0.4) is 0 Å². The first kappa shape index (κ1) is 18.6. The Labute approximate surface area is 178 Å². The minimum Gasteiger partial charge on any atom is -0.324 e. The highest BCUT2D eigenvalue weighted by Crippen LogP contribution is 2.34. The number of benzene rings is 2. The van der Waals surface area contributed by atoms with Crippen LogP contribution in [0.4, 0.5) is 11.9 Å². The van der Waals surface area contributed by atoms with Gasteiger partial charge in [-0.25, -0.2) is 9.58 Å². The van der Waals surface area contributed by atoms with Crippen LogP contribution in [0.5, 0.6) is 0 Å². The Morgan fingerprint density at radius 2 is 1.67 bits per heavy atom. The molecule has 2 aliphatic heterocycles. The standard InChI is InChI=1S/C22H18ClN5O2/c1-13-2-4-15(5-3-13)18-12-17(14-6-8-16(23)9-7-14)24-21-25-22(26-28(18)21)27-19(29)10-11-20(27)30/h2-9,12,18H,10-11H2,1H3,(H,24,25,26). The Balaban J connectivity index is 1.61. The number of fused-ring (bicyclic) bond motifs is 1. The van der Waals surface area contributed by atoms with Gasteiger partial charge in [0.15, 0.2) is 0 Å². The normalized spacial score (nSPS) is 18.3. The maximum absolute atomic E-state index is 12.2. The van der Waals surface area contributed by atoms with E-state index >= 15 is 0 Å². The maximum Gasteiger partial charge on any atom is 0.260 e. The highest BCUT2D eigenvalue weighted by molar-refractivity contribution is 6.30. The molecule has 2 amide bonds. The van der Waals surface area contributed by atoms with E-state index in [-0.39, 0.29) is 36.6 Å². The molecule has 2 aromatic carbocycles. The molecule has 1 atom stereocenters. The summed E-state index contributed by atoms with van der Waals surface area (Å²) in [6.45, 7) is 2.03. The first-order chi connectivity index (χ1) is 14.5. The molecule has 2 aliphatic rings. The van der Waals surface area contributed by atoms with E-state index in [9.17, 15) is 9.59 Å². The lowest BCUT2D eigenvalue weighted by Crippen LogP contribution is -2.29. The lowest BCUT2D eigenvalue weighted by atomic mass is 10.0. The number of aryl methyl sites for hydroxylation is 1. The average Bonchev–Trinajstić information content (AvgIpc) is 3.30. The molecular weight excluding hydrogens is 402 g/mol. The lowest BCUT2D eigenvalue weighted by molar-refractivity contribution is -0.121. The number of allylic oxidation sites excluding steroid dienone is 1. The molecule has 0 bridgehead atoms. The van der Waals surface area contributed by atoms with Crippen LogP contribution >= 0.6 is 11.6 Å². The number of hydrogen-bond acceptors (Lipinski definition) is 5. The highest BCUT2D eigenvalue weighted by Gasteiger charge is 2.35. The fourth-order valence-corrected chi connectivity index (χ4v) is 3.80. The smallest absolute Gasteiger partial charge is 0.260 e. The third-order valence-electron chi connectivity index (χ3n) is 5.28. The van der Waals surface area contributed by atoms with Crippen molar-refractivity contribution in [3.8, 4) is 0 Å². The Hall–Kier alpha value is -3.45. The Bertz CT molecular complexity index is 1170. The fraction of sp³-hybridized carbons (Fsp3) is 0.182. The van der Waals surface area contributed by atoms with Crippen LogP contribution in [0.2, 0.25) is 5.02 Å². The molecule has 3 aromatic rings. The van der Waals surface area contributed by atoms with Gasteiger partial charge in [-0.05, 0) is 36.3 Å². The highest BCUT2D eigenvalue weighted by atomic mass is 35.5. The molecule has 0 spiro atoms. The zero-order valence-corrected chi connectivity index (χ0v) is 16.9. The molecule has 1 aromatic heterocycles. The molecule has 1 unspecified atom stereocenters. The number of amides is 2. The first-order valence-electron chi connectivity index (χ1n) is 9.63. The molecule has 0 radical (unpaired) electrons. The molecule has 3 heterocycles. The van der Waals surface area contributed by atoms with Crippen molar-refractivity contribution in [1.29, 1.82) is 0 Å². The molecule has 1 N–H and O–H groups in total. The third kappa shape index (κ3) is 3.17. The number of rotatable bonds is 3. The van der Waals surface area contributed by atoms with Crippen LogP contribution in [0.1, 0.15) is 35.6 Å². The maximum atomic E-state index is 12.2. The van der Waals surface area contributed by atoms with Crippen molar-refractivity contribution >= 4 is 41.0 Å². The van der Waals surface area contributed by atoms with Crippen molar-refractivity contribution in [2.75, 3.05) is 10.2 Å². The zero-order valence-electron chi connectivity index (χ0n) is 16.2. The lowest BCUT2D eigenvalue weighted by Gasteiger charge is -2.24. The number of carbonyl (C=O) groups excluding carboxylic acids is 2. The molecule has 0 aliphatic carbocycles. The van der Waals surface area contributed by atoms with Crippen LogP contribution < -0.4 is 10.2 Å². The van der Waals surface area contributed by atoms with Crippen molar-refractivity contribution in [2.45, 2.75) is 25.8 Å². The van der Waals surface area contributed by atoms with Crippen LogP contribution in [0.15, 0.2) is 54.6 Å². The van der Waals surface area contributed by atoms with Gasteiger partial charge >= 0.3 is 0 Å². The summed E-state index contributed by atoms with van der Waals surface area (Å²) in [6, 6.07) is 15.4. The van der Waals surface area contributed by atoms with Gasteiger partial charge in [-0.1, -0.05) is 53.6 Å². The minimum atomic E-state index is -0.277. The van der Waals surface area contributed by atoms with Crippen molar-refractivity contribution < 1.29 is 9.59 Å². The van der Waals surface area contributed by atoms with Gasteiger partial charge in [0.1, 0.15) is 6.04 Å². The van der Waals surface area contributed by atoms with Gasteiger partial charge in [0.25, 0.3) is 5.95 Å². The van der Waals surface area contributed by atoms with Crippen LogP contribution in [-0.4, -0.2) is 26.6 Å². The molecule has 8 heteroatoms. The Kier molecular flexibility index (Phi) is 4.40. The number of nitrogens with zero attached hydrogens (tertiary/aromatic N) is 4. The Morgan fingerprint density at radius 3 is 2.33 bits per heavy atom. The second-order valence-corrected chi connectivity index (χ2v) is 7.81. The van der Waals surface area contributed by atoms with Gasteiger partial charge in [0.2, 0.25) is 17.8 Å². The summed E-state index contributed by atoms with van der Waals surface area (Å²) in [5, 5.41) is 8.45. The molecule has 5 rings (SSSR count). The largest absolute Gasteiger partial charge is 0.324 e. The van der Waals surface area contributed by atoms with Crippen molar-refractivity contribution in [3.63, 3.8) is 0 Å². The van der Waals surface area contributed by atoms with Gasteiger partial charge in [-0.2, -0.15) is 4.98 Å². The topological polar surface area (TPSA) is 80.1 Å². The van der Waals surface area contributed by atoms with E-state index in [0.717, 1.165) is 27.3 Å². The summed E-state index contributed by atoms with van der Waals surface area (Å²) in [5.74, 6) is 0.0184. The van der Waals surface area contributed by atoms with E-state index in [1.165, 1.54) is 0 Å². The van der Waals surface area contributed by atoms with E-state index in [1.54, 1.807) is 4.68 Å². The van der Waals surface area contributed by atoms with Crippen molar-refractivity contribution in [2.24, 2.45) is 0 Å². The average molecular weight is 420 g/mol. The minimum absolute atomic E-state index is 0.105. The van der Waals surface area contributed by atoms with E-state index in [4.69, 9.17) is 11.6 Å². The SMILES string of the molecule is Cc1ccc(C2C=C(c3ccc(Cl)cc3)Nc3nc(N4C(=O)CCC4=O)nn32)cc1. The number of hydrogen-bond donors (Lipinski definition) is 1. The van der Waals surface area contributed by atoms with Gasteiger partial charge in [-0.3, -0.25) is 9.59 Å². The summed E-state index contributed by atoms with van der Waals surface area (Å²) in [6.07, 6.45) is 2.42. The quantitative estimate of drug-likeness (QED) is 0.650. The molecular formula is C22H18ClN5O2. The van der Waals surface area contributed by atoms with Gasteiger partial charge in [0.05, 0.1) is 0 Å². The summed E-state index contributed by atoms with van der Waals surface area (Å²) >= 11 is 6.04. The molecule has 0 saturated carbocycles. The zero-order chi connectivity index (χ0) is 20.8. The summed E-state index contributed by atoms with van der Waals surface area (Å²) in [4.78, 5) is 29.9. The summed E-state index contributed by atoms with van der Waals surface area (Å²) < 4.78 is 1.71. The number of aromatic nitrogens is 3. The number of carbonyl (C=O) groups is 2. The van der Waals surface area contributed by atoms with E-state index in [2.05, 4.69) is 15.4 Å². The molecule has 1 saturated heterocycles. The predicted octanol–water partition coefficient (Wildman–Crippen LogP) is 3.95. The van der Waals surface area contributed by atoms with Crippen LogP contribution in [0.25, 0.3) is 5.70 Å². The number of imide groups is 1. The van der Waals surface area contributed by atoms with E-state index in [0.29, 0.717) is 11.0 Å². The van der Waals surface area contributed by atoms with E-state index < -0.39 is 0 Å². The molecule has 1 fully saturated rings. The Morgan fingerprint density at radius 1 is 1.00 bits per heavy atom. The van der Waals surface area contributed by atoms with Crippen LogP contribution in [0, 0.1) is 6.92 Å². The van der Waals surface area contributed by atoms with E-state index in [1.807, 2.05) is 61.5 Å². The molecule has 30 heavy (non-hydrogen) atoms. The second-order valence-electron chi connectivity index (χ2n) is 7.37. The first-order valence-corrected chi connectivity index (χ1v) is 10.0. The van der Waals surface area contributed by atoms with Crippen molar-refractivity contribution in [1.82, 2.24) is 14.8 Å². The third-order valence-corrected chi connectivity index (χ3v) is 5.53. The number of nitrogens with one attached hydrogen (secondary N) is 1. The predicted molar refractivity (Wildman–Crippen MR) is 114 cm³/mol.